The van der Waals surface area contributed by atoms with Crippen molar-refractivity contribution >= 4 is 8.81 Å². The van der Waals surface area contributed by atoms with Crippen LogP contribution < -0.4 is 4.52 Å². The van der Waals surface area contributed by atoms with Gasteiger partial charge in [0.15, 0.2) is 0 Å². The second kappa shape index (κ2) is 6.21. The predicted octanol–water partition coefficient (Wildman–Crippen LogP) is 4.99. The fourth-order valence-electron chi connectivity index (χ4n) is 1.58. The third kappa shape index (κ3) is 4.16. The number of benzene rings is 1. The van der Waals surface area contributed by atoms with Gasteiger partial charge in [0.25, 0.3) is 0 Å². The second-order valence-electron chi connectivity index (χ2n) is 5.36. The third-order valence-corrected chi connectivity index (χ3v) is 3.91. The first-order valence-electron chi connectivity index (χ1n) is 6.06. The van der Waals surface area contributed by atoms with Crippen LogP contribution in [0, 0.1) is 5.41 Å². The molecule has 0 aliphatic carbocycles. The molecular formula is C15H23OP. The molecule has 0 amide bonds. The van der Waals surface area contributed by atoms with Gasteiger partial charge >= 0.3 is 0 Å². The summed E-state index contributed by atoms with van der Waals surface area (Å²) in [6.07, 6.45) is 2.81. The van der Waals surface area contributed by atoms with E-state index in [2.05, 4.69) is 52.5 Å². The van der Waals surface area contributed by atoms with E-state index >= 15 is 0 Å². The summed E-state index contributed by atoms with van der Waals surface area (Å²) in [7, 11) is 0.464. The molecule has 17 heavy (non-hydrogen) atoms. The molecule has 0 aliphatic heterocycles. The largest absolute Gasteiger partial charge is 0.477 e. The summed E-state index contributed by atoms with van der Waals surface area (Å²) in [5, 5.41) is 0. The molecule has 2 heteroatoms. The van der Waals surface area contributed by atoms with Crippen LogP contribution >= 0.6 is 8.81 Å². The van der Waals surface area contributed by atoms with Gasteiger partial charge in [0.1, 0.15) is 5.75 Å². The van der Waals surface area contributed by atoms with E-state index in [0.29, 0.717) is 14.7 Å². The lowest BCUT2D eigenvalue weighted by Gasteiger charge is -2.29. The first-order valence-corrected chi connectivity index (χ1v) is 7.18. The van der Waals surface area contributed by atoms with Crippen LogP contribution in [0.4, 0.5) is 0 Å². The highest BCUT2D eigenvalue weighted by atomic mass is 31.1. The molecule has 0 heterocycles. The summed E-state index contributed by atoms with van der Waals surface area (Å²) in [4.78, 5) is 0. The molecule has 0 saturated carbocycles. The van der Waals surface area contributed by atoms with Crippen molar-refractivity contribution < 1.29 is 4.52 Å². The van der Waals surface area contributed by atoms with Gasteiger partial charge in [0.2, 0.25) is 0 Å². The molecule has 94 valence electrons. The van der Waals surface area contributed by atoms with Crippen LogP contribution in [-0.2, 0) is 0 Å². The number of allylic oxidation sites excluding steroid dienone is 1. The van der Waals surface area contributed by atoms with Crippen LogP contribution in [0.3, 0.4) is 0 Å². The van der Waals surface area contributed by atoms with Gasteiger partial charge in [-0.1, -0.05) is 52.0 Å². The van der Waals surface area contributed by atoms with E-state index in [0.717, 1.165) is 11.9 Å². The van der Waals surface area contributed by atoms with Gasteiger partial charge in [-0.25, -0.2) is 0 Å². The van der Waals surface area contributed by atoms with Gasteiger partial charge in [-0.05, 0) is 23.0 Å². The van der Waals surface area contributed by atoms with Crippen molar-refractivity contribution in [3.05, 3.63) is 42.5 Å². The van der Waals surface area contributed by atoms with Gasteiger partial charge < -0.3 is 4.52 Å². The lowest BCUT2D eigenvalue weighted by Crippen LogP contribution is -2.15. The van der Waals surface area contributed by atoms with Gasteiger partial charge in [-0.2, -0.15) is 0 Å². The van der Waals surface area contributed by atoms with Crippen molar-refractivity contribution in [2.75, 3.05) is 6.16 Å². The molecule has 0 aliphatic rings. The number of para-hydroxylation sites is 1. The van der Waals surface area contributed by atoms with Gasteiger partial charge in [0, 0.05) is 6.16 Å². The number of rotatable bonds is 5. The number of hydrogen-bond acceptors (Lipinski definition) is 1. The van der Waals surface area contributed by atoms with Crippen LogP contribution in [0.2, 0.25) is 0 Å². The standard InChI is InChI=1S/C15H23OP/c1-6-11-17-16-14-10-8-7-9-13(14)12(2)15(3,4)5/h6-10,12,17H,1,11H2,2-5H3. The predicted molar refractivity (Wildman–Crippen MR) is 78.3 cm³/mol. The van der Waals surface area contributed by atoms with Gasteiger partial charge in [-0.3, -0.25) is 0 Å². The lowest BCUT2D eigenvalue weighted by molar-refractivity contribution is 0.335. The maximum absolute atomic E-state index is 5.85. The van der Waals surface area contributed by atoms with E-state index in [1.165, 1.54) is 5.56 Å². The Morgan fingerprint density at radius 3 is 2.59 bits per heavy atom. The van der Waals surface area contributed by atoms with Crippen LogP contribution in [-0.4, -0.2) is 6.16 Å². The van der Waals surface area contributed by atoms with Crippen molar-refractivity contribution in [3.63, 3.8) is 0 Å². The van der Waals surface area contributed by atoms with E-state index in [-0.39, 0.29) is 5.41 Å². The molecule has 0 fully saturated rings. The SMILES string of the molecule is C=CCPOc1ccccc1C(C)C(C)(C)C. The quantitative estimate of drug-likeness (QED) is 0.406. The van der Waals surface area contributed by atoms with E-state index < -0.39 is 0 Å². The Balaban J connectivity index is 2.87. The zero-order valence-electron chi connectivity index (χ0n) is 11.3. The smallest absolute Gasteiger partial charge is 0.126 e. The normalized spacial score (nSPS) is 13.9. The molecule has 0 saturated heterocycles. The molecule has 1 rings (SSSR count). The van der Waals surface area contributed by atoms with E-state index in [4.69, 9.17) is 4.52 Å². The Kier molecular flexibility index (Phi) is 5.21. The summed E-state index contributed by atoms with van der Waals surface area (Å²) in [5.41, 5.74) is 1.55. The highest BCUT2D eigenvalue weighted by Gasteiger charge is 2.24. The summed E-state index contributed by atoms with van der Waals surface area (Å²) in [6.45, 7) is 12.8. The average Bonchev–Trinajstić information content (AvgIpc) is 2.28. The van der Waals surface area contributed by atoms with Crippen LogP contribution in [0.1, 0.15) is 39.2 Å². The van der Waals surface area contributed by atoms with Gasteiger partial charge in [-0.15, -0.1) is 6.58 Å². The molecule has 1 aromatic rings. The molecule has 0 spiro atoms. The van der Waals surface area contributed by atoms with E-state index in [1.54, 1.807) is 0 Å². The van der Waals surface area contributed by atoms with E-state index in [9.17, 15) is 0 Å². The topological polar surface area (TPSA) is 9.23 Å². The van der Waals surface area contributed by atoms with Crippen molar-refractivity contribution in [2.24, 2.45) is 5.41 Å². The lowest BCUT2D eigenvalue weighted by atomic mass is 9.77. The minimum absolute atomic E-state index is 0.251. The number of hydrogen-bond donors (Lipinski definition) is 0. The first kappa shape index (κ1) is 14.3. The maximum atomic E-state index is 5.85. The second-order valence-corrected chi connectivity index (χ2v) is 6.27. The summed E-state index contributed by atoms with van der Waals surface area (Å²) < 4.78 is 5.85. The van der Waals surface area contributed by atoms with Crippen LogP contribution in [0.5, 0.6) is 5.75 Å². The molecule has 0 N–H and O–H groups in total. The molecule has 0 bridgehead atoms. The fourth-order valence-corrected chi connectivity index (χ4v) is 2.12. The van der Waals surface area contributed by atoms with Crippen LogP contribution in [0.25, 0.3) is 0 Å². The van der Waals surface area contributed by atoms with E-state index in [1.807, 2.05) is 12.1 Å². The molecule has 2 atom stereocenters. The monoisotopic (exact) mass is 250 g/mol. The zero-order valence-corrected chi connectivity index (χ0v) is 12.3. The molecular weight excluding hydrogens is 227 g/mol. The summed E-state index contributed by atoms with van der Waals surface area (Å²) >= 11 is 0. The Bertz CT molecular complexity index is 365. The molecule has 0 aromatic heterocycles. The fraction of sp³-hybridized carbons (Fsp3) is 0.467. The summed E-state index contributed by atoms with van der Waals surface area (Å²) in [5.74, 6) is 1.50. The molecule has 1 aromatic carbocycles. The maximum Gasteiger partial charge on any atom is 0.126 e. The van der Waals surface area contributed by atoms with Crippen molar-refractivity contribution in [1.82, 2.24) is 0 Å². The van der Waals surface area contributed by atoms with Gasteiger partial charge in [0.05, 0.1) is 8.81 Å². The molecule has 0 radical (unpaired) electrons. The molecule has 1 nitrogen and oxygen atoms in total. The first-order chi connectivity index (χ1) is 7.96. The van der Waals surface area contributed by atoms with Crippen molar-refractivity contribution in [1.29, 1.82) is 0 Å². The van der Waals surface area contributed by atoms with Crippen LogP contribution in [0.15, 0.2) is 36.9 Å². The Labute approximate surface area is 107 Å². The Morgan fingerprint density at radius 1 is 1.35 bits per heavy atom. The highest BCUT2D eigenvalue weighted by Crippen LogP contribution is 2.40. The van der Waals surface area contributed by atoms with Crippen molar-refractivity contribution in [2.45, 2.75) is 33.6 Å². The molecule has 2 unspecified atom stereocenters. The minimum atomic E-state index is 0.251. The Hall–Kier alpha value is -0.810. The van der Waals surface area contributed by atoms with Crippen molar-refractivity contribution in [3.8, 4) is 5.75 Å². The third-order valence-electron chi connectivity index (χ3n) is 3.09. The summed E-state index contributed by atoms with van der Waals surface area (Å²) in [6, 6.07) is 8.35. The Morgan fingerprint density at radius 2 is 2.00 bits per heavy atom. The zero-order chi connectivity index (χ0) is 12.9. The average molecular weight is 250 g/mol. The minimum Gasteiger partial charge on any atom is -0.477 e. The highest BCUT2D eigenvalue weighted by molar-refractivity contribution is 7.32.